The Morgan fingerprint density at radius 2 is 1.65 bits per heavy atom. The molecule has 1 fully saturated rings. The van der Waals surface area contributed by atoms with E-state index in [4.69, 9.17) is 4.74 Å². The SMILES string of the molecule is COCc1c(F)c(C)c(COC(=O)[C@@H]2[C@@H](C=C(F)F)C2(C)C)c(F)c1F. The highest BCUT2D eigenvalue weighted by molar-refractivity contribution is 5.78. The number of ether oxygens (including phenoxy) is 2. The highest BCUT2D eigenvalue weighted by Crippen LogP contribution is 2.60. The number of esters is 1. The third-order valence-corrected chi connectivity index (χ3v) is 4.89. The summed E-state index contributed by atoms with van der Waals surface area (Å²) in [6.07, 6.45) is -1.23. The summed E-state index contributed by atoms with van der Waals surface area (Å²) >= 11 is 0. The topological polar surface area (TPSA) is 35.5 Å². The van der Waals surface area contributed by atoms with Gasteiger partial charge >= 0.3 is 5.97 Å². The van der Waals surface area contributed by atoms with Crippen LogP contribution in [0.25, 0.3) is 0 Å². The minimum Gasteiger partial charge on any atom is -0.460 e. The van der Waals surface area contributed by atoms with E-state index in [0.29, 0.717) is 6.08 Å². The minimum absolute atomic E-state index is 0.204. The van der Waals surface area contributed by atoms with Crippen LogP contribution in [0.2, 0.25) is 0 Å². The molecule has 26 heavy (non-hydrogen) atoms. The predicted octanol–water partition coefficient (Wildman–Crippen LogP) is 4.65. The van der Waals surface area contributed by atoms with Crippen molar-refractivity contribution in [3.05, 3.63) is 46.3 Å². The summed E-state index contributed by atoms with van der Waals surface area (Å²) in [4.78, 5) is 12.1. The average molecular weight is 378 g/mol. The van der Waals surface area contributed by atoms with Crippen LogP contribution >= 0.6 is 0 Å². The lowest BCUT2D eigenvalue weighted by atomic mass is 10.0. The lowest BCUT2D eigenvalue weighted by Gasteiger charge is -2.14. The molecule has 8 heteroatoms. The molecule has 0 heterocycles. The Kier molecular flexibility index (Phi) is 5.75. The summed E-state index contributed by atoms with van der Waals surface area (Å²) < 4.78 is 76.8. The monoisotopic (exact) mass is 378 g/mol. The number of allylic oxidation sites excluding steroid dienone is 1. The Morgan fingerprint density at radius 1 is 1.08 bits per heavy atom. The van der Waals surface area contributed by atoms with E-state index in [1.807, 2.05) is 0 Å². The van der Waals surface area contributed by atoms with Crippen LogP contribution in [-0.2, 0) is 27.5 Å². The Morgan fingerprint density at radius 3 is 2.19 bits per heavy atom. The molecule has 2 rings (SSSR count). The maximum absolute atomic E-state index is 14.2. The molecule has 144 valence electrons. The summed E-state index contributed by atoms with van der Waals surface area (Å²) in [5.41, 5.74) is -1.92. The van der Waals surface area contributed by atoms with Gasteiger partial charge in [-0.25, -0.2) is 13.2 Å². The molecule has 1 saturated carbocycles. The molecular formula is C18H19F5O3. The summed E-state index contributed by atoms with van der Waals surface area (Å²) in [5, 5.41) is 0. The number of carbonyl (C=O) groups is 1. The zero-order valence-corrected chi connectivity index (χ0v) is 14.8. The van der Waals surface area contributed by atoms with Crippen molar-refractivity contribution in [2.75, 3.05) is 7.11 Å². The number of hydrogen-bond donors (Lipinski definition) is 0. The zero-order valence-electron chi connectivity index (χ0n) is 14.8. The Bertz CT molecular complexity index is 725. The quantitative estimate of drug-likeness (QED) is 0.411. The number of carbonyl (C=O) groups excluding carboxylic acids is 1. The Labute approximate surface area is 147 Å². The van der Waals surface area contributed by atoms with Gasteiger partial charge in [0, 0.05) is 18.6 Å². The Hall–Kier alpha value is -1.96. The molecule has 0 amide bonds. The molecular weight excluding hydrogens is 359 g/mol. The molecule has 0 N–H and O–H groups in total. The lowest BCUT2D eigenvalue weighted by Crippen LogP contribution is -2.14. The van der Waals surface area contributed by atoms with Gasteiger partial charge in [0.15, 0.2) is 11.6 Å². The van der Waals surface area contributed by atoms with Crippen molar-refractivity contribution in [3.63, 3.8) is 0 Å². The van der Waals surface area contributed by atoms with Crippen LogP contribution in [0.3, 0.4) is 0 Å². The van der Waals surface area contributed by atoms with Crippen LogP contribution in [0.15, 0.2) is 12.2 Å². The molecule has 1 aliphatic rings. The first-order valence-corrected chi connectivity index (χ1v) is 7.87. The van der Waals surface area contributed by atoms with Gasteiger partial charge in [-0.1, -0.05) is 13.8 Å². The summed E-state index contributed by atoms with van der Waals surface area (Å²) in [6.45, 7) is 3.32. The first-order valence-electron chi connectivity index (χ1n) is 7.87. The molecule has 0 saturated heterocycles. The van der Waals surface area contributed by atoms with Crippen LogP contribution < -0.4 is 0 Å². The van der Waals surface area contributed by atoms with E-state index in [0.717, 1.165) is 0 Å². The third-order valence-electron chi connectivity index (χ3n) is 4.89. The first-order chi connectivity index (χ1) is 12.0. The molecule has 0 unspecified atom stereocenters. The number of rotatable bonds is 6. The van der Waals surface area contributed by atoms with Crippen molar-refractivity contribution in [1.29, 1.82) is 0 Å². The molecule has 3 nitrogen and oxygen atoms in total. The second-order valence-corrected chi connectivity index (χ2v) is 6.85. The smallest absolute Gasteiger partial charge is 0.310 e. The average Bonchev–Trinajstić information content (AvgIpc) is 3.09. The Balaban J connectivity index is 2.18. The second kappa shape index (κ2) is 7.34. The van der Waals surface area contributed by atoms with Gasteiger partial charge in [0.05, 0.1) is 18.1 Å². The zero-order chi connectivity index (χ0) is 19.8. The second-order valence-electron chi connectivity index (χ2n) is 6.85. The van der Waals surface area contributed by atoms with E-state index in [1.165, 1.54) is 14.0 Å². The summed E-state index contributed by atoms with van der Waals surface area (Å²) in [6, 6.07) is 0. The number of halogens is 5. The van der Waals surface area contributed by atoms with Gasteiger partial charge in [0.1, 0.15) is 12.4 Å². The van der Waals surface area contributed by atoms with Crippen molar-refractivity contribution in [3.8, 4) is 0 Å². The van der Waals surface area contributed by atoms with Crippen molar-refractivity contribution in [2.45, 2.75) is 34.0 Å². The molecule has 0 radical (unpaired) electrons. The van der Waals surface area contributed by atoms with Crippen LogP contribution in [-0.4, -0.2) is 13.1 Å². The highest BCUT2D eigenvalue weighted by Gasteiger charge is 2.62. The molecule has 1 aromatic rings. The van der Waals surface area contributed by atoms with Gasteiger partial charge in [-0.2, -0.15) is 8.78 Å². The van der Waals surface area contributed by atoms with Gasteiger partial charge in [-0.3, -0.25) is 4.79 Å². The molecule has 1 aromatic carbocycles. The normalized spacial score (nSPS) is 20.7. The summed E-state index contributed by atoms with van der Waals surface area (Å²) in [7, 11) is 1.21. The van der Waals surface area contributed by atoms with Gasteiger partial charge in [0.25, 0.3) is 6.08 Å². The van der Waals surface area contributed by atoms with E-state index in [-0.39, 0.29) is 5.56 Å². The van der Waals surface area contributed by atoms with E-state index in [2.05, 4.69) is 4.74 Å². The molecule has 0 aliphatic heterocycles. The minimum atomic E-state index is -1.90. The van der Waals surface area contributed by atoms with Crippen LogP contribution in [0.1, 0.15) is 30.5 Å². The summed E-state index contributed by atoms with van der Waals surface area (Å²) in [5.74, 6) is -6.07. The maximum Gasteiger partial charge on any atom is 0.310 e. The molecule has 0 bridgehead atoms. The van der Waals surface area contributed by atoms with Crippen molar-refractivity contribution < 1.29 is 36.2 Å². The van der Waals surface area contributed by atoms with Crippen molar-refractivity contribution >= 4 is 5.97 Å². The fourth-order valence-electron chi connectivity index (χ4n) is 3.14. The predicted molar refractivity (Wildman–Crippen MR) is 82.6 cm³/mol. The van der Waals surface area contributed by atoms with E-state index in [1.54, 1.807) is 13.8 Å². The lowest BCUT2D eigenvalue weighted by molar-refractivity contribution is -0.147. The molecule has 1 aliphatic carbocycles. The molecule has 0 aromatic heterocycles. The first kappa shape index (κ1) is 20.4. The van der Waals surface area contributed by atoms with E-state index >= 15 is 0 Å². The van der Waals surface area contributed by atoms with Crippen LogP contribution in [0, 0.1) is 41.6 Å². The number of methoxy groups -OCH3 is 1. The standard InChI is InChI=1S/C18H19F5O3/c1-8-9(15(22)16(23)10(6-25-4)14(8)21)7-26-17(24)13-11(5-12(19)20)18(13,2)3/h5,11,13H,6-7H2,1-4H3/t11-,13+/m1/s1. The number of hydrogen-bond acceptors (Lipinski definition) is 3. The van der Waals surface area contributed by atoms with E-state index < -0.39 is 71.1 Å². The highest BCUT2D eigenvalue weighted by atomic mass is 19.3. The fourth-order valence-corrected chi connectivity index (χ4v) is 3.14. The van der Waals surface area contributed by atoms with Gasteiger partial charge in [0.2, 0.25) is 0 Å². The molecule has 2 atom stereocenters. The van der Waals surface area contributed by atoms with Crippen LogP contribution in [0.4, 0.5) is 22.0 Å². The largest absolute Gasteiger partial charge is 0.460 e. The van der Waals surface area contributed by atoms with Crippen molar-refractivity contribution in [2.24, 2.45) is 17.3 Å². The third kappa shape index (κ3) is 3.60. The van der Waals surface area contributed by atoms with E-state index in [9.17, 15) is 26.7 Å². The maximum atomic E-state index is 14.2. The van der Waals surface area contributed by atoms with Gasteiger partial charge in [-0.15, -0.1) is 0 Å². The van der Waals surface area contributed by atoms with Crippen LogP contribution in [0.5, 0.6) is 0 Å². The molecule has 0 spiro atoms. The van der Waals surface area contributed by atoms with Gasteiger partial charge < -0.3 is 9.47 Å². The number of benzene rings is 1. The van der Waals surface area contributed by atoms with Crippen molar-refractivity contribution in [1.82, 2.24) is 0 Å². The van der Waals surface area contributed by atoms with Gasteiger partial charge in [-0.05, 0) is 24.0 Å². The fraction of sp³-hybridized carbons (Fsp3) is 0.500.